The van der Waals surface area contributed by atoms with Crippen LogP contribution in [0.2, 0.25) is 5.02 Å². The van der Waals surface area contributed by atoms with Gasteiger partial charge in [-0.2, -0.15) is 0 Å². The zero-order valence-electron chi connectivity index (χ0n) is 14.8. The molecule has 0 radical (unpaired) electrons. The molecule has 4 nitrogen and oxygen atoms in total. The SMILES string of the molecule is CC1CCCCN1C(=O)COc1ccc(C(=O)c2ccc(Cl)cc2)cc1. The second kappa shape index (κ2) is 8.37. The van der Waals surface area contributed by atoms with Crippen LogP contribution in [-0.4, -0.2) is 35.8 Å². The number of benzene rings is 2. The molecule has 2 aromatic carbocycles. The minimum absolute atomic E-state index is 0.0125. The second-order valence-corrected chi connectivity index (χ2v) is 7.02. The van der Waals surface area contributed by atoms with E-state index in [-0.39, 0.29) is 24.3 Å². The quantitative estimate of drug-likeness (QED) is 0.734. The summed E-state index contributed by atoms with van der Waals surface area (Å²) in [6.45, 7) is 2.90. The molecule has 0 N–H and O–H groups in total. The van der Waals surface area contributed by atoms with Crippen molar-refractivity contribution >= 4 is 23.3 Å². The largest absolute Gasteiger partial charge is 0.484 e. The third-order valence-electron chi connectivity index (χ3n) is 4.71. The van der Waals surface area contributed by atoms with E-state index in [0.29, 0.717) is 21.9 Å². The molecule has 1 aliphatic rings. The molecule has 136 valence electrons. The van der Waals surface area contributed by atoms with Gasteiger partial charge in [-0.15, -0.1) is 0 Å². The summed E-state index contributed by atoms with van der Waals surface area (Å²) in [6.07, 6.45) is 3.28. The van der Waals surface area contributed by atoms with Gasteiger partial charge in [0.15, 0.2) is 12.4 Å². The minimum Gasteiger partial charge on any atom is -0.484 e. The third-order valence-corrected chi connectivity index (χ3v) is 4.96. The highest BCUT2D eigenvalue weighted by Gasteiger charge is 2.23. The molecule has 0 spiro atoms. The fourth-order valence-corrected chi connectivity index (χ4v) is 3.29. The van der Waals surface area contributed by atoms with E-state index in [1.807, 2.05) is 4.90 Å². The van der Waals surface area contributed by atoms with Crippen molar-refractivity contribution in [1.29, 1.82) is 0 Å². The molecule has 0 aliphatic carbocycles. The number of carbonyl (C=O) groups is 2. The van der Waals surface area contributed by atoms with E-state index in [1.54, 1.807) is 48.5 Å². The number of ether oxygens (including phenoxy) is 1. The van der Waals surface area contributed by atoms with Crippen molar-refractivity contribution in [3.8, 4) is 5.75 Å². The maximum Gasteiger partial charge on any atom is 0.260 e. The Hall–Kier alpha value is -2.33. The van der Waals surface area contributed by atoms with Crippen LogP contribution in [0.15, 0.2) is 48.5 Å². The minimum atomic E-state index is -0.0774. The Morgan fingerprint density at radius 2 is 1.65 bits per heavy atom. The molecule has 5 heteroatoms. The first-order chi connectivity index (χ1) is 12.5. The topological polar surface area (TPSA) is 46.6 Å². The van der Waals surface area contributed by atoms with E-state index in [0.717, 1.165) is 19.4 Å². The normalized spacial score (nSPS) is 17.0. The molecule has 0 aromatic heterocycles. The van der Waals surface area contributed by atoms with Gasteiger partial charge in [-0.1, -0.05) is 11.6 Å². The Labute approximate surface area is 158 Å². The predicted octanol–water partition coefficient (Wildman–Crippen LogP) is 4.35. The van der Waals surface area contributed by atoms with Crippen LogP contribution in [0, 0.1) is 0 Å². The number of ketones is 1. The number of amides is 1. The molecule has 0 saturated carbocycles. The fourth-order valence-electron chi connectivity index (χ4n) is 3.17. The highest BCUT2D eigenvalue weighted by atomic mass is 35.5. The van der Waals surface area contributed by atoms with E-state index in [1.165, 1.54) is 6.42 Å². The average molecular weight is 372 g/mol. The molecule has 1 fully saturated rings. The van der Waals surface area contributed by atoms with Crippen molar-refractivity contribution in [3.05, 3.63) is 64.7 Å². The van der Waals surface area contributed by atoms with Gasteiger partial charge in [0.05, 0.1) is 0 Å². The Balaban J connectivity index is 1.58. The molecule has 1 saturated heterocycles. The number of carbonyl (C=O) groups excluding carboxylic acids is 2. The molecule has 1 heterocycles. The zero-order chi connectivity index (χ0) is 18.5. The molecule has 26 heavy (non-hydrogen) atoms. The summed E-state index contributed by atoms with van der Waals surface area (Å²) in [6, 6.07) is 13.9. The zero-order valence-corrected chi connectivity index (χ0v) is 15.5. The Kier molecular flexibility index (Phi) is 5.94. The van der Waals surface area contributed by atoms with Crippen LogP contribution in [-0.2, 0) is 4.79 Å². The van der Waals surface area contributed by atoms with Gasteiger partial charge in [0.25, 0.3) is 5.91 Å². The number of hydrogen-bond donors (Lipinski definition) is 0. The van der Waals surface area contributed by atoms with Crippen molar-refractivity contribution in [2.45, 2.75) is 32.2 Å². The van der Waals surface area contributed by atoms with Crippen molar-refractivity contribution < 1.29 is 14.3 Å². The molecular weight excluding hydrogens is 350 g/mol. The lowest BCUT2D eigenvalue weighted by molar-refractivity contribution is -0.136. The molecule has 0 bridgehead atoms. The standard InChI is InChI=1S/C21H22ClNO3/c1-15-4-2-3-13-23(15)20(24)14-26-19-11-7-17(8-12-19)21(25)16-5-9-18(22)10-6-16/h5-12,15H,2-4,13-14H2,1H3. The maximum atomic E-state index is 12.4. The van der Waals surface area contributed by atoms with Gasteiger partial charge in [0.2, 0.25) is 0 Å². The van der Waals surface area contributed by atoms with Crippen LogP contribution < -0.4 is 4.74 Å². The van der Waals surface area contributed by atoms with Crippen LogP contribution in [0.5, 0.6) is 5.75 Å². The molecular formula is C21H22ClNO3. The van der Waals surface area contributed by atoms with E-state index in [2.05, 4.69) is 6.92 Å². The first-order valence-electron chi connectivity index (χ1n) is 8.87. The number of piperidine rings is 1. The van der Waals surface area contributed by atoms with Crippen molar-refractivity contribution in [3.63, 3.8) is 0 Å². The highest BCUT2D eigenvalue weighted by Crippen LogP contribution is 2.19. The van der Waals surface area contributed by atoms with Gasteiger partial charge >= 0.3 is 0 Å². The Morgan fingerprint density at radius 3 is 2.27 bits per heavy atom. The van der Waals surface area contributed by atoms with Gasteiger partial charge < -0.3 is 9.64 Å². The van der Waals surface area contributed by atoms with Crippen LogP contribution in [0.4, 0.5) is 0 Å². The number of likely N-dealkylation sites (tertiary alicyclic amines) is 1. The highest BCUT2D eigenvalue weighted by molar-refractivity contribution is 6.30. The summed E-state index contributed by atoms with van der Waals surface area (Å²) in [5, 5.41) is 0.595. The molecule has 3 rings (SSSR count). The van der Waals surface area contributed by atoms with Crippen LogP contribution in [0.25, 0.3) is 0 Å². The first-order valence-corrected chi connectivity index (χ1v) is 9.25. The first kappa shape index (κ1) is 18.5. The summed E-state index contributed by atoms with van der Waals surface area (Å²) in [5.41, 5.74) is 1.15. The molecule has 2 aromatic rings. The van der Waals surface area contributed by atoms with E-state index < -0.39 is 0 Å². The summed E-state index contributed by atoms with van der Waals surface area (Å²) >= 11 is 5.85. The van der Waals surface area contributed by atoms with Crippen LogP contribution in [0.1, 0.15) is 42.1 Å². The Bertz CT molecular complexity index is 771. The van der Waals surface area contributed by atoms with Gasteiger partial charge in [-0.3, -0.25) is 9.59 Å². The molecule has 1 amide bonds. The molecule has 1 atom stereocenters. The fraction of sp³-hybridized carbons (Fsp3) is 0.333. The summed E-state index contributed by atoms with van der Waals surface area (Å²) in [4.78, 5) is 26.6. The van der Waals surface area contributed by atoms with Gasteiger partial charge in [-0.25, -0.2) is 0 Å². The lowest BCUT2D eigenvalue weighted by atomic mass is 10.0. The lowest BCUT2D eigenvalue weighted by Crippen LogP contribution is -2.44. The van der Waals surface area contributed by atoms with Crippen LogP contribution >= 0.6 is 11.6 Å². The third kappa shape index (κ3) is 4.44. The van der Waals surface area contributed by atoms with E-state index in [4.69, 9.17) is 16.3 Å². The smallest absolute Gasteiger partial charge is 0.260 e. The number of hydrogen-bond acceptors (Lipinski definition) is 3. The molecule has 1 aliphatic heterocycles. The monoisotopic (exact) mass is 371 g/mol. The lowest BCUT2D eigenvalue weighted by Gasteiger charge is -2.33. The van der Waals surface area contributed by atoms with Gasteiger partial charge in [0.1, 0.15) is 5.75 Å². The van der Waals surface area contributed by atoms with Crippen LogP contribution in [0.3, 0.4) is 0 Å². The van der Waals surface area contributed by atoms with Gasteiger partial charge in [0, 0.05) is 28.7 Å². The average Bonchev–Trinajstić information content (AvgIpc) is 2.67. The second-order valence-electron chi connectivity index (χ2n) is 6.58. The summed E-state index contributed by atoms with van der Waals surface area (Å²) < 4.78 is 5.61. The van der Waals surface area contributed by atoms with Crippen molar-refractivity contribution in [2.75, 3.05) is 13.2 Å². The number of nitrogens with zero attached hydrogens (tertiary/aromatic N) is 1. The summed E-state index contributed by atoms with van der Waals surface area (Å²) in [7, 11) is 0. The number of halogens is 1. The predicted molar refractivity (Wildman–Crippen MR) is 102 cm³/mol. The van der Waals surface area contributed by atoms with E-state index in [9.17, 15) is 9.59 Å². The Morgan fingerprint density at radius 1 is 1.04 bits per heavy atom. The maximum absolute atomic E-state index is 12.4. The van der Waals surface area contributed by atoms with E-state index >= 15 is 0 Å². The molecule has 1 unspecified atom stereocenters. The number of rotatable bonds is 5. The van der Waals surface area contributed by atoms with Crippen molar-refractivity contribution in [2.24, 2.45) is 0 Å². The van der Waals surface area contributed by atoms with Crippen molar-refractivity contribution in [1.82, 2.24) is 4.90 Å². The van der Waals surface area contributed by atoms with Gasteiger partial charge in [-0.05, 0) is 74.7 Å². The summed E-state index contributed by atoms with van der Waals surface area (Å²) in [5.74, 6) is 0.514.